The van der Waals surface area contributed by atoms with Gasteiger partial charge in [-0.2, -0.15) is 0 Å². The van der Waals surface area contributed by atoms with E-state index in [1.807, 2.05) is 22.1 Å². The Morgan fingerprint density at radius 3 is 2.52 bits per heavy atom. The minimum atomic E-state index is -0.623. The van der Waals surface area contributed by atoms with Gasteiger partial charge in [0.25, 0.3) is 0 Å². The van der Waals surface area contributed by atoms with Crippen LogP contribution in [-0.4, -0.2) is 86.3 Å². The average Bonchev–Trinajstić information content (AvgIpc) is 3.89. The molecule has 4 amide bonds. The fourth-order valence-electron chi connectivity index (χ4n) is 9.36. The molecule has 0 radical (unpaired) electrons. The van der Waals surface area contributed by atoms with Crippen molar-refractivity contribution in [2.24, 2.45) is 17.8 Å². The Morgan fingerprint density at radius 2 is 1.71 bits per heavy atom. The van der Waals surface area contributed by atoms with Crippen LogP contribution in [0.2, 0.25) is 0 Å². The Kier molecular flexibility index (Phi) is 7.74. The summed E-state index contributed by atoms with van der Waals surface area (Å²) >= 11 is 0. The predicted molar refractivity (Wildman–Crippen MR) is 192 cm³/mol. The number of ether oxygens (including phenoxy) is 1. The van der Waals surface area contributed by atoms with Crippen molar-refractivity contribution in [3.8, 4) is 22.4 Å². The van der Waals surface area contributed by atoms with Gasteiger partial charge in [-0.15, -0.1) is 0 Å². The SMILES string of the molecule is COC(=O)NCC(=O)N1C(c2nc3c(ccc4cc(-c5ccc(-c6cnc([C@@H]7[C@H]8CC[C@H](C8)N7C(=O)CNC=O)[nH]6)cc5)ccc43)[nH]2)CC2C1[C@@H]2C. The maximum absolute atomic E-state index is 13.3. The van der Waals surface area contributed by atoms with Gasteiger partial charge < -0.3 is 35.1 Å². The zero-order valence-corrected chi connectivity index (χ0v) is 29.0. The van der Waals surface area contributed by atoms with Crippen LogP contribution in [0.4, 0.5) is 4.79 Å². The first kappa shape index (κ1) is 32.2. The number of H-pyrrole nitrogens is 2. The van der Waals surface area contributed by atoms with Gasteiger partial charge in [0.2, 0.25) is 18.2 Å². The molecule has 7 atom stereocenters. The number of methoxy groups -OCH3 is 1. The van der Waals surface area contributed by atoms with Crippen molar-refractivity contribution >= 4 is 46.1 Å². The molecular weight excluding hydrogens is 660 g/mol. The number of hydrogen-bond donors (Lipinski definition) is 4. The summed E-state index contributed by atoms with van der Waals surface area (Å²) in [5.41, 5.74) is 5.85. The molecule has 52 heavy (non-hydrogen) atoms. The van der Waals surface area contributed by atoms with Gasteiger partial charge in [-0.1, -0.05) is 49.4 Å². The van der Waals surface area contributed by atoms with Gasteiger partial charge >= 0.3 is 6.09 Å². The Morgan fingerprint density at radius 1 is 0.923 bits per heavy atom. The molecule has 2 saturated carbocycles. The second kappa shape index (κ2) is 12.5. The third-order valence-electron chi connectivity index (χ3n) is 11.9. The van der Waals surface area contributed by atoms with E-state index in [2.05, 4.69) is 80.8 Å². The molecule has 9 rings (SSSR count). The molecule has 4 fully saturated rings. The number of nitrogens with zero attached hydrogens (tertiary/aromatic N) is 4. The fourth-order valence-corrected chi connectivity index (χ4v) is 9.36. The number of aromatic amines is 2. The number of benzene rings is 3. The van der Waals surface area contributed by atoms with E-state index in [1.165, 1.54) is 7.11 Å². The number of carbonyl (C=O) groups is 4. The lowest BCUT2D eigenvalue weighted by Gasteiger charge is -2.34. The Labute approximate surface area is 299 Å². The van der Waals surface area contributed by atoms with Gasteiger partial charge in [0, 0.05) is 17.5 Å². The molecule has 2 bridgehead atoms. The molecule has 3 aromatic carbocycles. The third-order valence-corrected chi connectivity index (χ3v) is 11.9. The van der Waals surface area contributed by atoms with Crippen molar-refractivity contribution in [2.75, 3.05) is 20.2 Å². The summed E-state index contributed by atoms with van der Waals surface area (Å²) in [6.45, 7) is 2.06. The van der Waals surface area contributed by atoms with Crippen LogP contribution in [0, 0.1) is 17.8 Å². The Bertz CT molecular complexity index is 2230. The minimum absolute atomic E-state index is 0.00111. The van der Waals surface area contributed by atoms with E-state index in [1.54, 1.807) is 0 Å². The molecule has 2 saturated heterocycles. The Balaban J connectivity index is 0.935. The number of rotatable bonds is 9. The molecule has 4 N–H and O–H groups in total. The summed E-state index contributed by atoms with van der Waals surface area (Å²) in [7, 11) is 1.28. The van der Waals surface area contributed by atoms with Crippen molar-refractivity contribution in [3.05, 3.63) is 72.4 Å². The highest BCUT2D eigenvalue weighted by Crippen LogP contribution is 2.57. The molecular formula is C39H40N8O5. The van der Waals surface area contributed by atoms with Crippen LogP contribution in [-0.2, 0) is 19.1 Å². The summed E-state index contributed by atoms with van der Waals surface area (Å²) in [4.78, 5) is 69.3. The normalized spacial score (nSPS) is 25.8. The van der Waals surface area contributed by atoms with Gasteiger partial charge in [-0.25, -0.2) is 14.8 Å². The van der Waals surface area contributed by atoms with Crippen LogP contribution in [0.5, 0.6) is 0 Å². The number of imidazole rings is 2. The van der Waals surface area contributed by atoms with E-state index in [-0.39, 0.29) is 49.1 Å². The van der Waals surface area contributed by atoms with Crippen LogP contribution in [0.1, 0.15) is 56.3 Å². The second-order valence-electron chi connectivity index (χ2n) is 14.7. The lowest BCUT2D eigenvalue weighted by Crippen LogP contribution is -2.44. The number of aromatic nitrogens is 4. The van der Waals surface area contributed by atoms with Gasteiger partial charge in [-0.05, 0) is 77.6 Å². The maximum atomic E-state index is 13.3. The molecule has 0 spiro atoms. The number of amides is 4. The number of carbonyl (C=O) groups excluding carboxylic acids is 4. The molecule has 13 nitrogen and oxygen atoms in total. The zero-order valence-electron chi connectivity index (χ0n) is 29.0. The highest BCUT2D eigenvalue weighted by molar-refractivity contribution is 6.05. The molecule has 2 aliphatic carbocycles. The van der Waals surface area contributed by atoms with Gasteiger partial charge in [0.15, 0.2) is 0 Å². The quantitative estimate of drug-likeness (QED) is 0.160. The van der Waals surface area contributed by atoms with Crippen LogP contribution < -0.4 is 10.6 Å². The van der Waals surface area contributed by atoms with Gasteiger partial charge in [0.1, 0.15) is 18.2 Å². The predicted octanol–water partition coefficient (Wildman–Crippen LogP) is 4.84. The summed E-state index contributed by atoms with van der Waals surface area (Å²) in [5.74, 6) is 2.59. The first-order chi connectivity index (χ1) is 25.3. The number of likely N-dealkylation sites (tertiary alicyclic amines) is 2. The van der Waals surface area contributed by atoms with E-state index in [0.717, 1.165) is 81.5 Å². The zero-order chi connectivity index (χ0) is 35.7. The molecule has 4 aliphatic rings. The molecule has 4 heterocycles. The number of hydrogen-bond acceptors (Lipinski definition) is 7. The number of nitrogens with one attached hydrogen (secondary N) is 4. The molecule has 13 heteroatoms. The minimum Gasteiger partial charge on any atom is -0.453 e. The summed E-state index contributed by atoms with van der Waals surface area (Å²) in [6.07, 6.45) is 5.66. The third kappa shape index (κ3) is 5.28. The smallest absolute Gasteiger partial charge is 0.407 e. The number of piperidine rings is 2. The molecule has 2 aromatic heterocycles. The Hall–Kier alpha value is -5.72. The second-order valence-corrected chi connectivity index (χ2v) is 14.7. The lowest BCUT2D eigenvalue weighted by atomic mass is 9.98. The maximum Gasteiger partial charge on any atom is 0.407 e. The summed E-state index contributed by atoms with van der Waals surface area (Å²) in [5, 5.41) is 7.15. The topological polar surface area (TPSA) is 165 Å². The number of alkyl carbamates (subject to hydrolysis) is 1. The van der Waals surface area contributed by atoms with E-state index < -0.39 is 6.09 Å². The van der Waals surface area contributed by atoms with E-state index in [4.69, 9.17) is 9.97 Å². The van der Waals surface area contributed by atoms with Crippen LogP contribution in [0.15, 0.2) is 60.8 Å². The van der Waals surface area contributed by atoms with Gasteiger partial charge in [-0.3, -0.25) is 14.4 Å². The van der Waals surface area contributed by atoms with Crippen molar-refractivity contribution in [1.29, 1.82) is 0 Å². The van der Waals surface area contributed by atoms with Crippen molar-refractivity contribution in [1.82, 2.24) is 40.4 Å². The van der Waals surface area contributed by atoms with Gasteiger partial charge in [0.05, 0.1) is 48.7 Å². The van der Waals surface area contributed by atoms with Crippen molar-refractivity contribution in [3.63, 3.8) is 0 Å². The van der Waals surface area contributed by atoms with Crippen LogP contribution in [0.3, 0.4) is 0 Å². The number of fused-ring (bicyclic) bond motifs is 6. The van der Waals surface area contributed by atoms with E-state index in [0.29, 0.717) is 24.2 Å². The standard InChI is InChI=1S/C39H40N8O5/c1-20-28-15-31(47(35(20)28)33(50)18-42-39(51)52-2)37-43-29-12-9-24-13-23(8-11-27(24)34(29)45-37)21-3-5-22(6-4-21)30-16-41-38(44-30)36-25-7-10-26(14-25)46(36)32(49)17-40-19-48/h3-6,8-9,11-13,16,19-20,25-26,28,31,35-36H,7,10,14-15,17-18H2,1-2H3,(H,40,48)(H,41,44)(H,42,51)(H,43,45)/t20-,25+,26-,28?,31?,35?,36+/m1/s1. The molecule has 266 valence electrons. The molecule has 5 aromatic rings. The van der Waals surface area contributed by atoms with Crippen molar-refractivity contribution < 1.29 is 23.9 Å². The fraction of sp³-hybridized carbons (Fsp3) is 0.385. The van der Waals surface area contributed by atoms with E-state index >= 15 is 0 Å². The average molecular weight is 701 g/mol. The highest BCUT2D eigenvalue weighted by Gasteiger charge is 2.60. The van der Waals surface area contributed by atoms with Crippen LogP contribution >= 0.6 is 0 Å². The summed E-state index contributed by atoms with van der Waals surface area (Å²) < 4.78 is 4.65. The lowest BCUT2D eigenvalue weighted by molar-refractivity contribution is -0.135. The first-order valence-corrected chi connectivity index (χ1v) is 18.0. The highest BCUT2D eigenvalue weighted by atomic mass is 16.5. The van der Waals surface area contributed by atoms with E-state index in [9.17, 15) is 19.2 Å². The van der Waals surface area contributed by atoms with Crippen molar-refractivity contribution in [2.45, 2.75) is 56.8 Å². The first-order valence-electron chi connectivity index (χ1n) is 18.0. The molecule has 3 unspecified atom stereocenters. The molecule has 2 aliphatic heterocycles. The summed E-state index contributed by atoms with van der Waals surface area (Å²) in [6, 6.07) is 19.0. The monoisotopic (exact) mass is 700 g/mol. The van der Waals surface area contributed by atoms with Crippen LogP contribution in [0.25, 0.3) is 44.2 Å². The largest absolute Gasteiger partial charge is 0.453 e.